The van der Waals surface area contributed by atoms with Gasteiger partial charge in [0.2, 0.25) is 5.95 Å². The molecule has 3 rings (SSSR count). The number of nitrogens with zero attached hydrogens (tertiary/aromatic N) is 5. The van der Waals surface area contributed by atoms with Gasteiger partial charge in [-0.15, -0.1) is 0 Å². The molecule has 0 saturated carbocycles. The van der Waals surface area contributed by atoms with Crippen LogP contribution < -0.4 is 11.5 Å². The van der Waals surface area contributed by atoms with Crippen molar-refractivity contribution in [2.75, 3.05) is 11.5 Å². The summed E-state index contributed by atoms with van der Waals surface area (Å²) in [6.45, 7) is 0.672. The fourth-order valence-electron chi connectivity index (χ4n) is 2.22. The fourth-order valence-corrected chi connectivity index (χ4v) is 2.22. The van der Waals surface area contributed by atoms with E-state index in [1.165, 1.54) is 0 Å². The summed E-state index contributed by atoms with van der Waals surface area (Å²) >= 11 is 0. The second-order valence-corrected chi connectivity index (χ2v) is 4.74. The summed E-state index contributed by atoms with van der Waals surface area (Å²) in [6, 6.07) is 9.73. The highest BCUT2D eigenvalue weighted by atomic mass is 15.0. The van der Waals surface area contributed by atoms with Crippen LogP contribution in [0.15, 0.2) is 43.0 Å². The van der Waals surface area contributed by atoms with Gasteiger partial charge in [-0.05, 0) is 11.6 Å². The van der Waals surface area contributed by atoms with Gasteiger partial charge in [-0.1, -0.05) is 18.2 Å². The minimum Gasteiger partial charge on any atom is -0.382 e. The standard InChI is InChI=1S/C15H13N7/c16-7-12-13(20-15(18)21-14(12)17)11-3-1-2-10(6-11)8-22-5-4-19-9-22/h1-6,9H,8H2,(H4,17,18,20,21). The van der Waals surface area contributed by atoms with Crippen LogP contribution >= 0.6 is 0 Å². The molecule has 0 radical (unpaired) electrons. The van der Waals surface area contributed by atoms with E-state index in [1.807, 2.05) is 41.1 Å². The second kappa shape index (κ2) is 5.54. The quantitative estimate of drug-likeness (QED) is 0.753. The number of anilines is 2. The van der Waals surface area contributed by atoms with Crippen molar-refractivity contribution in [3.63, 3.8) is 0 Å². The first-order valence-corrected chi connectivity index (χ1v) is 6.55. The van der Waals surface area contributed by atoms with E-state index in [0.717, 1.165) is 11.1 Å². The minimum absolute atomic E-state index is 0.0477. The van der Waals surface area contributed by atoms with Gasteiger partial charge in [0, 0.05) is 24.5 Å². The molecule has 4 N–H and O–H groups in total. The van der Waals surface area contributed by atoms with Crippen LogP contribution in [0.4, 0.5) is 11.8 Å². The molecule has 0 aliphatic carbocycles. The SMILES string of the molecule is N#Cc1c(N)nc(N)nc1-c1cccc(Cn2ccnc2)c1. The molecule has 2 heterocycles. The van der Waals surface area contributed by atoms with Crippen LogP contribution in [-0.2, 0) is 6.54 Å². The fraction of sp³-hybridized carbons (Fsp3) is 0.0667. The molecule has 3 aromatic rings. The Bertz CT molecular complexity index is 847. The zero-order chi connectivity index (χ0) is 15.5. The van der Waals surface area contributed by atoms with Crippen molar-refractivity contribution in [1.82, 2.24) is 19.5 Å². The van der Waals surface area contributed by atoms with Gasteiger partial charge in [0.05, 0.1) is 12.0 Å². The molecule has 1 aromatic carbocycles. The van der Waals surface area contributed by atoms with E-state index in [0.29, 0.717) is 12.2 Å². The van der Waals surface area contributed by atoms with Gasteiger partial charge in [0.25, 0.3) is 0 Å². The van der Waals surface area contributed by atoms with Crippen LogP contribution in [0.2, 0.25) is 0 Å². The van der Waals surface area contributed by atoms with Gasteiger partial charge in [-0.2, -0.15) is 10.2 Å². The van der Waals surface area contributed by atoms with Crippen LogP contribution in [-0.4, -0.2) is 19.5 Å². The Hall–Kier alpha value is -3.40. The summed E-state index contributed by atoms with van der Waals surface area (Å²) in [6.07, 6.45) is 5.35. The Labute approximate surface area is 126 Å². The van der Waals surface area contributed by atoms with E-state index >= 15 is 0 Å². The summed E-state index contributed by atoms with van der Waals surface area (Å²) in [5.41, 5.74) is 13.9. The largest absolute Gasteiger partial charge is 0.382 e. The number of imidazole rings is 1. The van der Waals surface area contributed by atoms with Crippen LogP contribution in [0.5, 0.6) is 0 Å². The predicted octanol–water partition coefficient (Wildman–Crippen LogP) is 1.42. The van der Waals surface area contributed by atoms with E-state index in [2.05, 4.69) is 15.0 Å². The number of aromatic nitrogens is 4. The first-order chi connectivity index (χ1) is 10.7. The van der Waals surface area contributed by atoms with Crippen LogP contribution in [0, 0.1) is 11.3 Å². The molecule has 7 heteroatoms. The number of nitrogen functional groups attached to an aromatic ring is 2. The van der Waals surface area contributed by atoms with E-state index in [9.17, 15) is 5.26 Å². The highest BCUT2D eigenvalue weighted by Crippen LogP contribution is 2.26. The summed E-state index contributed by atoms with van der Waals surface area (Å²) in [5.74, 6) is 0.136. The zero-order valence-electron chi connectivity index (χ0n) is 11.6. The molecule has 0 aliphatic heterocycles. The number of nitriles is 1. The van der Waals surface area contributed by atoms with Crippen molar-refractivity contribution < 1.29 is 0 Å². The van der Waals surface area contributed by atoms with Gasteiger partial charge < -0.3 is 16.0 Å². The van der Waals surface area contributed by atoms with Crippen molar-refractivity contribution in [1.29, 1.82) is 5.26 Å². The Kier molecular flexibility index (Phi) is 3.42. The molecule has 0 unspecified atom stereocenters. The lowest BCUT2D eigenvalue weighted by atomic mass is 10.0. The average molecular weight is 291 g/mol. The maximum absolute atomic E-state index is 9.27. The Morgan fingerprint density at radius 2 is 2.09 bits per heavy atom. The van der Waals surface area contributed by atoms with E-state index in [-0.39, 0.29) is 17.3 Å². The van der Waals surface area contributed by atoms with Gasteiger partial charge in [-0.3, -0.25) is 0 Å². The van der Waals surface area contributed by atoms with E-state index < -0.39 is 0 Å². The smallest absolute Gasteiger partial charge is 0.222 e. The number of benzene rings is 1. The molecule has 0 fully saturated rings. The van der Waals surface area contributed by atoms with E-state index in [4.69, 9.17) is 11.5 Å². The summed E-state index contributed by atoms with van der Waals surface area (Å²) in [5, 5.41) is 9.27. The summed E-state index contributed by atoms with van der Waals surface area (Å²) in [4.78, 5) is 12.0. The third-order valence-electron chi connectivity index (χ3n) is 3.19. The normalized spacial score (nSPS) is 10.3. The minimum atomic E-state index is 0.0477. The Morgan fingerprint density at radius 3 is 2.82 bits per heavy atom. The molecule has 7 nitrogen and oxygen atoms in total. The van der Waals surface area contributed by atoms with Crippen molar-refractivity contribution >= 4 is 11.8 Å². The maximum atomic E-state index is 9.27. The first-order valence-electron chi connectivity index (χ1n) is 6.55. The third kappa shape index (κ3) is 2.58. The molecule has 0 spiro atoms. The molecule has 0 bridgehead atoms. The van der Waals surface area contributed by atoms with Crippen molar-refractivity contribution in [3.8, 4) is 17.3 Å². The molecule has 0 amide bonds. The van der Waals surface area contributed by atoms with Crippen molar-refractivity contribution in [2.24, 2.45) is 0 Å². The molecular weight excluding hydrogens is 278 g/mol. The monoisotopic (exact) mass is 291 g/mol. The molecule has 0 saturated heterocycles. The number of rotatable bonds is 3. The van der Waals surface area contributed by atoms with Crippen molar-refractivity contribution in [3.05, 3.63) is 54.1 Å². The van der Waals surface area contributed by atoms with Gasteiger partial charge in [-0.25, -0.2) is 9.97 Å². The molecule has 0 atom stereocenters. The number of nitrogens with two attached hydrogens (primary N) is 2. The Balaban J connectivity index is 2.04. The average Bonchev–Trinajstić information content (AvgIpc) is 3.00. The molecule has 2 aromatic heterocycles. The van der Waals surface area contributed by atoms with Crippen LogP contribution in [0.1, 0.15) is 11.1 Å². The molecule has 0 aliphatic rings. The van der Waals surface area contributed by atoms with Crippen LogP contribution in [0.3, 0.4) is 0 Å². The topological polar surface area (TPSA) is 119 Å². The molecule has 108 valence electrons. The lowest BCUT2D eigenvalue weighted by Gasteiger charge is -2.09. The Morgan fingerprint density at radius 1 is 1.23 bits per heavy atom. The van der Waals surface area contributed by atoms with Crippen LogP contribution in [0.25, 0.3) is 11.3 Å². The predicted molar refractivity (Wildman–Crippen MR) is 82.3 cm³/mol. The molecule has 22 heavy (non-hydrogen) atoms. The highest BCUT2D eigenvalue weighted by molar-refractivity contribution is 5.73. The van der Waals surface area contributed by atoms with Crippen molar-refractivity contribution in [2.45, 2.75) is 6.54 Å². The first kappa shape index (κ1) is 13.6. The number of hydrogen-bond donors (Lipinski definition) is 2. The van der Waals surface area contributed by atoms with E-state index in [1.54, 1.807) is 12.5 Å². The lowest BCUT2D eigenvalue weighted by Crippen LogP contribution is -2.05. The van der Waals surface area contributed by atoms with Gasteiger partial charge in [0.1, 0.15) is 17.5 Å². The lowest BCUT2D eigenvalue weighted by molar-refractivity contribution is 0.797. The third-order valence-corrected chi connectivity index (χ3v) is 3.19. The summed E-state index contributed by atoms with van der Waals surface area (Å²) < 4.78 is 1.95. The highest BCUT2D eigenvalue weighted by Gasteiger charge is 2.13. The second-order valence-electron chi connectivity index (χ2n) is 4.74. The number of hydrogen-bond acceptors (Lipinski definition) is 6. The summed E-state index contributed by atoms with van der Waals surface area (Å²) in [7, 11) is 0. The molecular formula is C15H13N7. The van der Waals surface area contributed by atoms with Gasteiger partial charge >= 0.3 is 0 Å². The van der Waals surface area contributed by atoms with Gasteiger partial charge in [0.15, 0.2) is 0 Å². The zero-order valence-corrected chi connectivity index (χ0v) is 11.6. The maximum Gasteiger partial charge on any atom is 0.222 e.